The molecule has 0 aliphatic carbocycles. The highest BCUT2D eigenvalue weighted by Gasteiger charge is 2.14. The van der Waals surface area contributed by atoms with Crippen molar-refractivity contribution in [3.05, 3.63) is 69.6 Å². The molecule has 130 valence electrons. The van der Waals surface area contributed by atoms with Gasteiger partial charge in [0, 0.05) is 0 Å². The van der Waals surface area contributed by atoms with E-state index in [-0.39, 0.29) is 5.43 Å². The molecule has 2 aromatic carbocycles. The molecule has 0 aliphatic rings. The van der Waals surface area contributed by atoms with Crippen molar-refractivity contribution in [1.29, 1.82) is 0 Å². The number of H-pyrrole nitrogens is 1. The highest BCUT2D eigenvalue weighted by Crippen LogP contribution is 2.20. The van der Waals surface area contributed by atoms with E-state index < -0.39 is 0 Å². The van der Waals surface area contributed by atoms with Crippen molar-refractivity contribution in [2.45, 2.75) is 13.8 Å². The van der Waals surface area contributed by atoms with Crippen LogP contribution in [0.4, 0.5) is 0 Å². The monoisotopic (exact) mass is 346 g/mol. The van der Waals surface area contributed by atoms with Gasteiger partial charge >= 0.3 is 0 Å². The first-order valence-corrected chi connectivity index (χ1v) is 8.27. The number of nitrogens with one attached hydrogen (secondary N) is 1. The molecule has 0 atom stereocenters. The number of pyridine rings is 1. The highest BCUT2D eigenvalue weighted by atomic mass is 16.5. The number of fused-ring (bicyclic) bond motifs is 2. The van der Waals surface area contributed by atoms with Crippen LogP contribution in [-0.4, -0.2) is 28.0 Å². The second-order valence-electron chi connectivity index (χ2n) is 6.19. The van der Waals surface area contributed by atoms with Gasteiger partial charge in [-0.3, -0.25) is 4.79 Å². The standard InChI is InChI=1S/C20H18N4O2/c1-12-4-6-14(7-5-12)11-21-24-13(2)22-18-19(25)16-10-15(26-3)8-9-17(16)23-20(18)24/h4-11H,1-3H3,(H,23,25). The number of aromatic amines is 1. The van der Waals surface area contributed by atoms with Crippen molar-refractivity contribution < 1.29 is 4.74 Å². The topological polar surface area (TPSA) is 72.3 Å². The van der Waals surface area contributed by atoms with Gasteiger partial charge < -0.3 is 9.72 Å². The highest BCUT2D eigenvalue weighted by molar-refractivity contribution is 5.90. The summed E-state index contributed by atoms with van der Waals surface area (Å²) in [5.74, 6) is 1.27. The van der Waals surface area contributed by atoms with Gasteiger partial charge in [0.1, 0.15) is 11.6 Å². The maximum Gasteiger partial charge on any atom is 0.217 e. The first kappa shape index (κ1) is 16.1. The number of ether oxygens (including phenoxy) is 1. The number of methoxy groups -OCH3 is 1. The lowest BCUT2D eigenvalue weighted by Gasteiger charge is -2.04. The van der Waals surface area contributed by atoms with E-state index in [1.165, 1.54) is 5.56 Å². The number of hydrogen-bond acceptors (Lipinski definition) is 4. The van der Waals surface area contributed by atoms with Crippen molar-refractivity contribution >= 4 is 28.3 Å². The van der Waals surface area contributed by atoms with Gasteiger partial charge in [-0.2, -0.15) is 5.10 Å². The predicted octanol–water partition coefficient (Wildman–Crippen LogP) is 3.39. The molecule has 0 bridgehead atoms. The number of aromatic nitrogens is 3. The molecule has 1 N–H and O–H groups in total. The summed E-state index contributed by atoms with van der Waals surface area (Å²) in [4.78, 5) is 20.5. The molecule has 6 heteroatoms. The van der Waals surface area contributed by atoms with E-state index in [1.807, 2.05) is 50.2 Å². The molecule has 0 aliphatic heterocycles. The molecule has 0 radical (unpaired) electrons. The average Bonchev–Trinajstić information content (AvgIpc) is 2.97. The minimum atomic E-state index is -0.139. The third-order valence-corrected chi connectivity index (χ3v) is 4.36. The Bertz CT molecular complexity index is 1200. The van der Waals surface area contributed by atoms with Gasteiger partial charge in [0.05, 0.1) is 24.2 Å². The third-order valence-electron chi connectivity index (χ3n) is 4.36. The first-order chi connectivity index (χ1) is 12.6. The van der Waals surface area contributed by atoms with Crippen molar-refractivity contribution in [3.8, 4) is 5.75 Å². The van der Waals surface area contributed by atoms with Gasteiger partial charge in [0.15, 0.2) is 11.2 Å². The quantitative estimate of drug-likeness (QED) is 0.578. The third kappa shape index (κ3) is 2.65. The molecule has 4 aromatic rings. The van der Waals surface area contributed by atoms with Gasteiger partial charge in [-0.1, -0.05) is 29.8 Å². The van der Waals surface area contributed by atoms with E-state index in [0.29, 0.717) is 28.1 Å². The summed E-state index contributed by atoms with van der Waals surface area (Å²) >= 11 is 0. The second kappa shape index (κ2) is 6.15. The number of hydrogen-bond donors (Lipinski definition) is 1. The fraction of sp³-hybridized carbons (Fsp3) is 0.150. The Morgan fingerprint density at radius 3 is 2.65 bits per heavy atom. The molecule has 0 saturated heterocycles. The zero-order valence-electron chi connectivity index (χ0n) is 14.8. The lowest BCUT2D eigenvalue weighted by Crippen LogP contribution is -2.05. The van der Waals surface area contributed by atoms with E-state index >= 15 is 0 Å². The van der Waals surface area contributed by atoms with E-state index in [4.69, 9.17) is 4.74 Å². The van der Waals surface area contributed by atoms with Crippen LogP contribution in [0.25, 0.3) is 22.1 Å². The van der Waals surface area contributed by atoms with Gasteiger partial charge in [0.25, 0.3) is 0 Å². The van der Waals surface area contributed by atoms with Crippen LogP contribution in [-0.2, 0) is 0 Å². The van der Waals surface area contributed by atoms with Crippen LogP contribution in [0.3, 0.4) is 0 Å². The molecule has 0 saturated carbocycles. The number of nitrogens with zero attached hydrogens (tertiary/aromatic N) is 3. The van der Waals surface area contributed by atoms with E-state index in [1.54, 1.807) is 24.1 Å². The van der Waals surface area contributed by atoms with Gasteiger partial charge in [-0.05, 0) is 37.6 Å². The zero-order valence-corrected chi connectivity index (χ0v) is 14.8. The van der Waals surface area contributed by atoms with Crippen LogP contribution in [0.1, 0.15) is 17.0 Å². The van der Waals surface area contributed by atoms with Crippen molar-refractivity contribution in [2.75, 3.05) is 7.11 Å². The van der Waals surface area contributed by atoms with Crippen LogP contribution in [0.15, 0.2) is 52.4 Å². The molecule has 0 spiro atoms. The average molecular weight is 346 g/mol. The van der Waals surface area contributed by atoms with Crippen molar-refractivity contribution in [2.24, 2.45) is 5.10 Å². The van der Waals surface area contributed by atoms with E-state index in [9.17, 15) is 4.79 Å². The van der Waals surface area contributed by atoms with E-state index in [2.05, 4.69) is 15.1 Å². The van der Waals surface area contributed by atoms with Crippen LogP contribution >= 0.6 is 0 Å². The Balaban J connectivity index is 1.89. The van der Waals surface area contributed by atoms with Crippen LogP contribution in [0.2, 0.25) is 0 Å². The molecule has 2 heterocycles. The SMILES string of the molecule is COc1ccc2[nH]c3c(nc(C)n3N=Cc3ccc(C)cc3)c(=O)c2c1. The minimum absolute atomic E-state index is 0.139. The Hall–Kier alpha value is -3.41. The minimum Gasteiger partial charge on any atom is -0.497 e. The maximum atomic E-state index is 12.8. The Morgan fingerprint density at radius 1 is 1.15 bits per heavy atom. The Labute approximate surface area is 149 Å². The molecule has 6 nitrogen and oxygen atoms in total. The Kier molecular flexibility index (Phi) is 3.80. The second-order valence-corrected chi connectivity index (χ2v) is 6.19. The normalized spacial score (nSPS) is 11.7. The van der Waals surface area contributed by atoms with Gasteiger partial charge in [-0.15, -0.1) is 0 Å². The summed E-state index contributed by atoms with van der Waals surface area (Å²) in [5.41, 5.74) is 3.69. The summed E-state index contributed by atoms with van der Waals surface area (Å²) in [7, 11) is 1.58. The molecule has 4 rings (SSSR count). The summed E-state index contributed by atoms with van der Waals surface area (Å²) in [5, 5.41) is 5.06. The predicted molar refractivity (Wildman–Crippen MR) is 103 cm³/mol. The number of imidazole rings is 1. The van der Waals surface area contributed by atoms with Crippen molar-refractivity contribution in [3.63, 3.8) is 0 Å². The first-order valence-electron chi connectivity index (χ1n) is 8.27. The number of rotatable bonds is 3. The number of benzene rings is 2. The maximum absolute atomic E-state index is 12.8. The lowest BCUT2D eigenvalue weighted by molar-refractivity contribution is 0.415. The van der Waals surface area contributed by atoms with E-state index in [0.717, 1.165) is 11.1 Å². The van der Waals surface area contributed by atoms with Gasteiger partial charge in [-0.25, -0.2) is 9.66 Å². The summed E-state index contributed by atoms with van der Waals surface area (Å²) < 4.78 is 6.87. The smallest absolute Gasteiger partial charge is 0.217 e. The fourth-order valence-electron chi connectivity index (χ4n) is 2.92. The molecule has 2 aromatic heterocycles. The number of aryl methyl sites for hydroxylation is 2. The van der Waals surface area contributed by atoms with Crippen LogP contribution < -0.4 is 10.2 Å². The molecule has 0 amide bonds. The zero-order chi connectivity index (χ0) is 18.3. The molecular formula is C20H18N4O2. The summed E-state index contributed by atoms with van der Waals surface area (Å²) in [6, 6.07) is 13.4. The van der Waals surface area contributed by atoms with Crippen LogP contribution in [0.5, 0.6) is 5.75 Å². The molecule has 26 heavy (non-hydrogen) atoms. The lowest BCUT2D eigenvalue weighted by atomic mass is 10.2. The fourth-order valence-corrected chi connectivity index (χ4v) is 2.92. The molecular weight excluding hydrogens is 328 g/mol. The van der Waals surface area contributed by atoms with Crippen LogP contribution in [0, 0.1) is 13.8 Å². The van der Waals surface area contributed by atoms with Crippen molar-refractivity contribution in [1.82, 2.24) is 14.6 Å². The summed E-state index contributed by atoms with van der Waals surface area (Å²) in [6.45, 7) is 3.87. The van der Waals surface area contributed by atoms with Gasteiger partial charge in [0.2, 0.25) is 5.43 Å². The molecule has 0 unspecified atom stereocenters. The molecule has 0 fully saturated rings. The summed E-state index contributed by atoms with van der Waals surface area (Å²) in [6.07, 6.45) is 1.75. The largest absolute Gasteiger partial charge is 0.497 e. The Morgan fingerprint density at radius 2 is 1.92 bits per heavy atom.